The first-order valence-corrected chi connectivity index (χ1v) is 11.8. The Hall–Kier alpha value is -2.31. The number of hydrogen-bond acceptors (Lipinski definition) is 6. The number of alkyl halides is 3. The van der Waals surface area contributed by atoms with Gasteiger partial charge in [0, 0.05) is 13.1 Å². The smallest absolute Gasteiger partial charge is 0.444 e. The van der Waals surface area contributed by atoms with Gasteiger partial charge < -0.3 is 29.0 Å². The van der Waals surface area contributed by atoms with Crippen molar-refractivity contribution in [3.05, 3.63) is 29.8 Å². The number of halogens is 3. The summed E-state index contributed by atoms with van der Waals surface area (Å²) in [5, 5.41) is 2.48. The van der Waals surface area contributed by atoms with E-state index in [1.807, 2.05) is 27.7 Å². The maximum atomic E-state index is 13.4. The van der Waals surface area contributed by atoms with Crippen molar-refractivity contribution in [1.29, 1.82) is 0 Å². The third-order valence-electron chi connectivity index (χ3n) is 6.49. The molecule has 1 aromatic rings. The van der Waals surface area contributed by atoms with Crippen LogP contribution < -0.4 is 10.8 Å². The molecule has 3 rings (SSSR count). The maximum Gasteiger partial charge on any atom is 0.494 e. The Labute approximate surface area is 209 Å². The summed E-state index contributed by atoms with van der Waals surface area (Å²) < 4.78 is 63.1. The summed E-state index contributed by atoms with van der Waals surface area (Å²) in [5.74, 6) is -1.96. The fourth-order valence-corrected chi connectivity index (χ4v) is 3.87. The molecule has 2 saturated heterocycles. The van der Waals surface area contributed by atoms with Gasteiger partial charge in [0.15, 0.2) is 0 Å². The molecule has 0 bridgehead atoms. The van der Waals surface area contributed by atoms with Gasteiger partial charge in [-0.1, -0.05) is 24.3 Å². The summed E-state index contributed by atoms with van der Waals surface area (Å²) in [4.78, 5) is 24.9. The molecule has 200 valence electrons. The van der Waals surface area contributed by atoms with Gasteiger partial charge in [0.05, 0.1) is 30.0 Å². The van der Waals surface area contributed by atoms with Crippen LogP contribution in [0, 0.1) is 0 Å². The zero-order valence-electron chi connectivity index (χ0n) is 21.7. The highest BCUT2D eigenvalue weighted by Gasteiger charge is 2.52. The summed E-state index contributed by atoms with van der Waals surface area (Å²) in [6.45, 7) is 12.2. The Balaban J connectivity index is 1.73. The van der Waals surface area contributed by atoms with Crippen molar-refractivity contribution in [3.63, 3.8) is 0 Å². The summed E-state index contributed by atoms with van der Waals surface area (Å²) in [6, 6.07) is 5.76. The SMILES string of the molecule is CC(C)(C)OC(=O)NCC1CN(C(=O)C(F)(F)F)C(c2ccc(B3OC(C)(C)C(C)(C)O3)cc2)CO1. The zero-order valence-corrected chi connectivity index (χ0v) is 21.7. The molecule has 0 radical (unpaired) electrons. The average molecular weight is 514 g/mol. The molecule has 2 aliphatic rings. The Morgan fingerprint density at radius 2 is 1.64 bits per heavy atom. The number of rotatable bonds is 4. The van der Waals surface area contributed by atoms with Gasteiger partial charge in [0.2, 0.25) is 0 Å². The lowest BCUT2D eigenvalue weighted by atomic mass is 9.78. The number of hydrogen-bond donors (Lipinski definition) is 1. The molecule has 2 heterocycles. The zero-order chi connectivity index (χ0) is 27.1. The monoisotopic (exact) mass is 514 g/mol. The third kappa shape index (κ3) is 6.52. The number of carbonyl (C=O) groups excluding carboxylic acids is 2. The number of alkyl carbamates (subject to hydrolysis) is 1. The van der Waals surface area contributed by atoms with E-state index in [1.54, 1.807) is 45.0 Å². The number of nitrogens with zero attached hydrogens (tertiary/aromatic N) is 1. The number of carbonyl (C=O) groups is 2. The molecule has 36 heavy (non-hydrogen) atoms. The highest BCUT2D eigenvalue weighted by molar-refractivity contribution is 6.62. The minimum Gasteiger partial charge on any atom is -0.444 e. The Morgan fingerprint density at radius 3 is 2.14 bits per heavy atom. The number of morpholine rings is 1. The Bertz CT molecular complexity index is 946. The molecule has 0 aliphatic carbocycles. The second-order valence-corrected chi connectivity index (χ2v) is 11.1. The van der Waals surface area contributed by atoms with E-state index >= 15 is 0 Å². The molecule has 8 nitrogen and oxygen atoms in total. The number of amides is 2. The van der Waals surface area contributed by atoms with Crippen LogP contribution in [0.15, 0.2) is 24.3 Å². The second kappa shape index (κ2) is 9.87. The molecule has 2 fully saturated rings. The van der Waals surface area contributed by atoms with Crippen LogP contribution in [0.2, 0.25) is 0 Å². The molecule has 1 aromatic carbocycles. The van der Waals surface area contributed by atoms with Gasteiger partial charge in [-0.05, 0) is 59.5 Å². The first kappa shape index (κ1) is 28.3. The van der Waals surface area contributed by atoms with Gasteiger partial charge in [-0.25, -0.2) is 4.79 Å². The van der Waals surface area contributed by atoms with E-state index in [-0.39, 0.29) is 19.7 Å². The predicted molar refractivity (Wildman–Crippen MR) is 127 cm³/mol. The van der Waals surface area contributed by atoms with Crippen LogP contribution in [0.1, 0.15) is 60.1 Å². The van der Waals surface area contributed by atoms with Crippen molar-refractivity contribution in [2.75, 3.05) is 19.7 Å². The van der Waals surface area contributed by atoms with Crippen molar-refractivity contribution in [2.24, 2.45) is 0 Å². The first-order chi connectivity index (χ1) is 16.4. The Morgan fingerprint density at radius 1 is 1.08 bits per heavy atom. The molecule has 2 amide bonds. The quantitative estimate of drug-likeness (QED) is 0.621. The minimum atomic E-state index is -5.05. The van der Waals surface area contributed by atoms with E-state index in [4.69, 9.17) is 18.8 Å². The van der Waals surface area contributed by atoms with Crippen LogP contribution in [0.4, 0.5) is 18.0 Å². The Kier molecular flexibility index (Phi) is 7.75. The normalized spacial score (nSPS) is 23.9. The van der Waals surface area contributed by atoms with Gasteiger partial charge in [-0.3, -0.25) is 4.79 Å². The molecular formula is C24H34BF3N2O6. The van der Waals surface area contributed by atoms with Gasteiger partial charge in [0.1, 0.15) is 5.60 Å². The van der Waals surface area contributed by atoms with Crippen molar-refractivity contribution in [2.45, 2.75) is 83.6 Å². The van der Waals surface area contributed by atoms with Crippen LogP contribution in [-0.4, -0.2) is 72.8 Å². The molecule has 12 heteroatoms. The summed E-state index contributed by atoms with van der Waals surface area (Å²) in [6.07, 6.45) is -6.61. The van der Waals surface area contributed by atoms with Crippen molar-refractivity contribution >= 4 is 24.6 Å². The van der Waals surface area contributed by atoms with Crippen LogP contribution in [0.3, 0.4) is 0 Å². The molecule has 0 saturated carbocycles. The molecule has 1 N–H and O–H groups in total. The van der Waals surface area contributed by atoms with Gasteiger partial charge in [-0.15, -0.1) is 0 Å². The number of benzene rings is 1. The van der Waals surface area contributed by atoms with E-state index in [2.05, 4.69) is 5.32 Å². The fraction of sp³-hybridized carbons (Fsp3) is 0.667. The molecular weight excluding hydrogens is 480 g/mol. The maximum absolute atomic E-state index is 13.4. The molecule has 0 aromatic heterocycles. The van der Waals surface area contributed by atoms with Crippen LogP contribution in [0.5, 0.6) is 0 Å². The summed E-state index contributed by atoms with van der Waals surface area (Å²) in [5.41, 5.74) is -0.612. The van der Waals surface area contributed by atoms with Gasteiger partial charge in [-0.2, -0.15) is 13.2 Å². The highest BCUT2D eigenvalue weighted by Crippen LogP contribution is 2.37. The predicted octanol–water partition coefficient (Wildman–Crippen LogP) is 3.34. The topological polar surface area (TPSA) is 86.3 Å². The summed E-state index contributed by atoms with van der Waals surface area (Å²) in [7, 11) is -0.622. The van der Waals surface area contributed by atoms with Crippen molar-refractivity contribution in [1.82, 2.24) is 10.2 Å². The molecule has 2 unspecified atom stereocenters. The second-order valence-electron chi connectivity index (χ2n) is 11.1. The lowest BCUT2D eigenvalue weighted by molar-refractivity contribution is -0.196. The van der Waals surface area contributed by atoms with Gasteiger partial charge >= 0.3 is 25.3 Å². The van der Waals surface area contributed by atoms with Crippen LogP contribution in [0.25, 0.3) is 0 Å². The average Bonchev–Trinajstić information content (AvgIpc) is 2.97. The minimum absolute atomic E-state index is 0.107. The van der Waals surface area contributed by atoms with Gasteiger partial charge in [0.25, 0.3) is 0 Å². The standard InChI is InChI=1S/C24H34BF3N2O6/c1-21(2,3)34-20(32)29-12-17-13-30(19(31)24(26,27)28)18(14-33-17)15-8-10-16(11-9-15)25-35-22(4,5)23(6,7)36-25/h8-11,17-18H,12-14H2,1-7H3,(H,29,32). The van der Waals surface area contributed by atoms with E-state index in [0.29, 0.717) is 11.0 Å². The largest absolute Gasteiger partial charge is 0.494 e. The van der Waals surface area contributed by atoms with E-state index in [1.165, 1.54) is 0 Å². The highest BCUT2D eigenvalue weighted by atomic mass is 19.4. The van der Waals surface area contributed by atoms with E-state index in [0.717, 1.165) is 4.90 Å². The van der Waals surface area contributed by atoms with Crippen molar-refractivity contribution < 1.29 is 41.5 Å². The van der Waals surface area contributed by atoms with Crippen LogP contribution >= 0.6 is 0 Å². The van der Waals surface area contributed by atoms with Crippen molar-refractivity contribution in [3.8, 4) is 0 Å². The fourth-order valence-electron chi connectivity index (χ4n) is 3.87. The molecule has 2 aliphatic heterocycles. The lowest BCUT2D eigenvalue weighted by Gasteiger charge is -2.40. The first-order valence-electron chi connectivity index (χ1n) is 11.8. The van der Waals surface area contributed by atoms with Crippen LogP contribution in [-0.2, 0) is 23.6 Å². The molecule has 2 atom stereocenters. The number of nitrogens with one attached hydrogen (secondary N) is 1. The third-order valence-corrected chi connectivity index (χ3v) is 6.49. The number of ether oxygens (including phenoxy) is 2. The van der Waals surface area contributed by atoms with E-state index < -0.39 is 54.2 Å². The van der Waals surface area contributed by atoms with E-state index in [9.17, 15) is 22.8 Å². The molecule has 0 spiro atoms. The summed E-state index contributed by atoms with van der Waals surface area (Å²) >= 11 is 0. The lowest BCUT2D eigenvalue weighted by Crippen LogP contribution is -2.54.